The molecule has 0 spiro atoms. The number of rotatable bonds is 0. The second kappa shape index (κ2) is 4.71. The summed E-state index contributed by atoms with van der Waals surface area (Å²) in [6, 6.07) is 0. The van der Waals surface area contributed by atoms with E-state index in [-0.39, 0.29) is 17.6 Å². The van der Waals surface area contributed by atoms with Gasteiger partial charge >= 0.3 is 0 Å². The third-order valence-corrected chi connectivity index (χ3v) is 7.88. The van der Waals surface area contributed by atoms with Crippen LogP contribution in [0.5, 0.6) is 0 Å². The van der Waals surface area contributed by atoms with Crippen LogP contribution < -0.4 is 0 Å². The van der Waals surface area contributed by atoms with E-state index in [0.717, 1.165) is 48.9 Å². The Morgan fingerprint density at radius 1 is 0.800 bits per heavy atom. The molecule has 0 bridgehead atoms. The Kier molecular flexibility index (Phi) is 3.20. The molecule has 0 radical (unpaired) electrons. The Morgan fingerprint density at radius 3 is 2.45 bits per heavy atom. The number of aliphatic hydroxyl groups excluding tert-OH is 2. The quantitative estimate of drug-likeness (QED) is 0.713. The number of fused-ring (bicyclic) bond motifs is 5. The molecule has 2 N–H and O–H groups in total. The van der Waals surface area contributed by atoms with Crippen molar-refractivity contribution in [2.75, 3.05) is 0 Å². The molecule has 0 heterocycles. The molecule has 8 atom stereocenters. The molecule has 0 aromatic heterocycles. The van der Waals surface area contributed by atoms with Crippen molar-refractivity contribution in [3.8, 4) is 0 Å². The van der Waals surface area contributed by atoms with Gasteiger partial charge in [-0.1, -0.05) is 6.92 Å². The second-order valence-corrected chi connectivity index (χ2v) is 8.54. The molecule has 4 aliphatic rings. The molecule has 0 aromatic carbocycles. The highest BCUT2D eigenvalue weighted by molar-refractivity contribution is 5.06. The lowest BCUT2D eigenvalue weighted by Crippen LogP contribution is -2.49. The van der Waals surface area contributed by atoms with E-state index in [1.54, 1.807) is 0 Å². The number of hydrogen-bond acceptors (Lipinski definition) is 2. The predicted octanol–water partition coefficient (Wildman–Crippen LogP) is 3.36. The molecule has 20 heavy (non-hydrogen) atoms. The molecule has 114 valence electrons. The van der Waals surface area contributed by atoms with Crippen molar-refractivity contribution in [3.05, 3.63) is 0 Å². The fourth-order valence-electron chi connectivity index (χ4n) is 6.80. The Morgan fingerprint density at radius 2 is 1.60 bits per heavy atom. The van der Waals surface area contributed by atoms with Gasteiger partial charge in [0.05, 0.1) is 12.2 Å². The summed E-state index contributed by atoms with van der Waals surface area (Å²) in [5, 5.41) is 20.3. The van der Waals surface area contributed by atoms with Gasteiger partial charge in [0, 0.05) is 0 Å². The topological polar surface area (TPSA) is 40.5 Å². The van der Waals surface area contributed by atoms with Gasteiger partial charge in [0.2, 0.25) is 0 Å². The Bertz CT molecular complexity index is 382. The van der Waals surface area contributed by atoms with Crippen LogP contribution in [0.25, 0.3) is 0 Å². The minimum absolute atomic E-state index is 0.0186. The SMILES string of the molecule is C[C@]12CCC3C4CCC(O)CC4CCC3C1CC[C@@H]2O. The average molecular weight is 278 g/mol. The maximum absolute atomic E-state index is 10.4. The zero-order valence-corrected chi connectivity index (χ0v) is 12.8. The second-order valence-electron chi connectivity index (χ2n) is 8.54. The van der Waals surface area contributed by atoms with Gasteiger partial charge in [-0.25, -0.2) is 0 Å². The zero-order chi connectivity index (χ0) is 13.9. The van der Waals surface area contributed by atoms with Crippen LogP contribution >= 0.6 is 0 Å². The van der Waals surface area contributed by atoms with Gasteiger partial charge < -0.3 is 10.2 Å². The zero-order valence-electron chi connectivity index (χ0n) is 12.8. The van der Waals surface area contributed by atoms with E-state index in [2.05, 4.69) is 6.92 Å². The molecular weight excluding hydrogens is 248 g/mol. The third-order valence-electron chi connectivity index (χ3n) is 7.88. The minimum Gasteiger partial charge on any atom is -0.393 e. The third kappa shape index (κ3) is 1.83. The van der Waals surface area contributed by atoms with E-state index in [1.165, 1.54) is 38.5 Å². The summed E-state index contributed by atoms with van der Waals surface area (Å²) in [6.45, 7) is 2.36. The van der Waals surface area contributed by atoms with Gasteiger partial charge in [0.25, 0.3) is 0 Å². The van der Waals surface area contributed by atoms with Gasteiger partial charge in [-0.2, -0.15) is 0 Å². The average Bonchev–Trinajstić information content (AvgIpc) is 2.74. The summed E-state index contributed by atoms with van der Waals surface area (Å²) in [5.41, 5.74) is 0.224. The lowest BCUT2D eigenvalue weighted by molar-refractivity contribution is -0.0913. The minimum atomic E-state index is -0.0423. The van der Waals surface area contributed by atoms with Crippen molar-refractivity contribution in [2.24, 2.45) is 35.0 Å². The Balaban J connectivity index is 1.57. The Labute approximate surface area is 123 Å². The van der Waals surface area contributed by atoms with Crippen molar-refractivity contribution in [1.82, 2.24) is 0 Å². The summed E-state index contributed by atoms with van der Waals surface area (Å²) in [6.07, 6.45) is 10.9. The van der Waals surface area contributed by atoms with Crippen LogP contribution in [0.2, 0.25) is 0 Å². The van der Waals surface area contributed by atoms with Crippen molar-refractivity contribution in [1.29, 1.82) is 0 Å². The van der Waals surface area contributed by atoms with Crippen LogP contribution in [-0.2, 0) is 0 Å². The summed E-state index contributed by atoms with van der Waals surface area (Å²) in [4.78, 5) is 0. The van der Waals surface area contributed by atoms with Crippen LogP contribution in [-0.4, -0.2) is 22.4 Å². The van der Waals surface area contributed by atoms with Gasteiger partial charge in [-0.3, -0.25) is 0 Å². The molecule has 0 saturated heterocycles. The molecule has 6 unspecified atom stereocenters. The van der Waals surface area contributed by atoms with Crippen molar-refractivity contribution in [3.63, 3.8) is 0 Å². The predicted molar refractivity (Wildman–Crippen MR) is 79.1 cm³/mol. The molecule has 4 fully saturated rings. The first kappa shape index (κ1) is 13.6. The molecule has 4 aliphatic carbocycles. The van der Waals surface area contributed by atoms with Crippen molar-refractivity contribution in [2.45, 2.75) is 76.9 Å². The van der Waals surface area contributed by atoms with E-state index >= 15 is 0 Å². The monoisotopic (exact) mass is 278 g/mol. The number of hydrogen-bond donors (Lipinski definition) is 2. The fourth-order valence-corrected chi connectivity index (χ4v) is 6.80. The molecule has 0 aliphatic heterocycles. The molecular formula is C18H30O2. The van der Waals surface area contributed by atoms with Gasteiger partial charge in [-0.05, 0) is 92.8 Å². The highest BCUT2D eigenvalue weighted by Gasteiger charge is 2.56. The first-order chi connectivity index (χ1) is 9.59. The van der Waals surface area contributed by atoms with Gasteiger partial charge in [-0.15, -0.1) is 0 Å². The van der Waals surface area contributed by atoms with Gasteiger partial charge in [0.15, 0.2) is 0 Å². The first-order valence-electron chi connectivity index (χ1n) is 8.95. The van der Waals surface area contributed by atoms with Crippen LogP contribution in [0.15, 0.2) is 0 Å². The van der Waals surface area contributed by atoms with E-state index in [4.69, 9.17) is 0 Å². The lowest BCUT2D eigenvalue weighted by Gasteiger charge is -2.55. The normalized spacial score (nSPS) is 58.6. The largest absolute Gasteiger partial charge is 0.393 e. The summed E-state index contributed by atoms with van der Waals surface area (Å²) >= 11 is 0. The van der Waals surface area contributed by atoms with Crippen LogP contribution in [0.1, 0.15) is 64.7 Å². The lowest BCUT2D eigenvalue weighted by atomic mass is 9.50. The molecule has 4 rings (SSSR count). The van der Waals surface area contributed by atoms with E-state index in [9.17, 15) is 10.2 Å². The maximum atomic E-state index is 10.4. The molecule has 4 saturated carbocycles. The van der Waals surface area contributed by atoms with E-state index < -0.39 is 0 Å². The van der Waals surface area contributed by atoms with E-state index in [0.29, 0.717) is 0 Å². The Hall–Kier alpha value is -0.0800. The highest BCUT2D eigenvalue weighted by Crippen LogP contribution is 2.62. The van der Waals surface area contributed by atoms with Crippen LogP contribution in [0, 0.1) is 35.0 Å². The maximum Gasteiger partial charge on any atom is 0.0596 e. The summed E-state index contributed by atoms with van der Waals surface area (Å²) in [7, 11) is 0. The van der Waals surface area contributed by atoms with E-state index in [1.807, 2.05) is 0 Å². The molecule has 0 amide bonds. The molecule has 2 heteroatoms. The van der Waals surface area contributed by atoms with Gasteiger partial charge in [0.1, 0.15) is 0 Å². The highest BCUT2D eigenvalue weighted by atomic mass is 16.3. The van der Waals surface area contributed by atoms with Crippen LogP contribution in [0.4, 0.5) is 0 Å². The van der Waals surface area contributed by atoms with Crippen molar-refractivity contribution >= 4 is 0 Å². The van der Waals surface area contributed by atoms with Crippen LogP contribution in [0.3, 0.4) is 0 Å². The summed E-state index contributed by atoms with van der Waals surface area (Å²) < 4.78 is 0. The standard InChI is InChI=1S/C18H30O2/c1-18-9-8-14-13-5-3-12(19)10-11(13)2-4-15(14)16(18)6-7-17(18)20/h11-17,19-20H,2-10H2,1H3/t11?,12?,13?,14?,15?,16?,17-,18-/m0/s1. The summed E-state index contributed by atoms with van der Waals surface area (Å²) in [5.74, 6) is 4.26. The molecule has 2 nitrogen and oxygen atoms in total. The number of aliphatic hydroxyl groups is 2. The fraction of sp³-hybridized carbons (Fsp3) is 1.00. The molecule has 0 aromatic rings. The van der Waals surface area contributed by atoms with Crippen molar-refractivity contribution < 1.29 is 10.2 Å². The first-order valence-corrected chi connectivity index (χ1v) is 8.95. The smallest absolute Gasteiger partial charge is 0.0596 e.